The number of thiazole rings is 1. The van der Waals surface area contributed by atoms with Crippen molar-refractivity contribution in [3.05, 3.63) is 50.6 Å². The number of fused-ring (bicyclic) bond motifs is 1. The van der Waals surface area contributed by atoms with Gasteiger partial charge in [0.05, 0.1) is 16.9 Å². The lowest BCUT2D eigenvalue weighted by atomic mass is 10.2. The minimum atomic E-state index is 0.561. The van der Waals surface area contributed by atoms with E-state index in [9.17, 15) is 0 Å². The summed E-state index contributed by atoms with van der Waals surface area (Å²) in [5.74, 6) is 0. The van der Waals surface area contributed by atoms with E-state index in [1.807, 2.05) is 11.3 Å². The minimum absolute atomic E-state index is 0.561. The number of benzene rings is 1. The van der Waals surface area contributed by atoms with Crippen LogP contribution >= 0.6 is 34.9 Å². The van der Waals surface area contributed by atoms with Gasteiger partial charge in [0.25, 0.3) is 0 Å². The predicted molar refractivity (Wildman–Crippen MR) is 93.6 cm³/mol. The van der Waals surface area contributed by atoms with E-state index in [2.05, 4.69) is 51.2 Å². The van der Waals surface area contributed by atoms with E-state index in [0.29, 0.717) is 6.04 Å². The Morgan fingerprint density at radius 1 is 1.19 bits per heavy atom. The second-order valence-corrected chi connectivity index (χ2v) is 8.05. The van der Waals surface area contributed by atoms with Gasteiger partial charge in [-0.1, -0.05) is 18.2 Å². The van der Waals surface area contributed by atoms with Crippen LogP contribution in [0.15, 0.2) is 41.8 Å². The van der Waals surface area contributed by atoms with Gasteiger partial charge >= 0.3 is 0 Å². The summed E-state index contributed by atoms with van der Waals surface area (Å²) < 4.78 is 4.56. The summed E-state index contributed by atoms with van der Waals surface area (Å²) in [4.78, 5) is 4.06. The molecule has 5 heteroatoms. The highest BCUT2D eigenvalue weighted by Gasteiger charge is 2.27. The van der Waals surface area contributed by atoms with Gasteiger partial charge in [-0.05, 0) is 48.6 Å². The lowest BCUT2D eigenvalue weighted by molar-refractivity contribution is 0.207. The third kappa shape index (κ3) is 2.48. The standard InChI is InChI=1S/C16H16N2S3/c19-16-18(13-5-1-2-7-15(13)21-16)11-17-9-3-6-12(17)14-8-4-10-20-14/h1-2,4-5,7-8,10,12H,3,6,9,11H2/t12-/m1/s1. The molecular formula is C16H16N2S3. The zero-order valence-corrected chi connectivity index (χ0v) is 14.0. The molecule has 0 unspecified atom stereocenters. The molecule has 1 atom stereocenters. The van der Waals surface area contributed by atoms with E-state index in [4.69, 9.17) is 12.2 Å². The topological polar surface area (TPSA) is 8.17 Å². The molecule has 0 bridgehead atoms. The minimum Gasteiger partial charge on any atom is -0.309 e. The van der Waals surface area contributed by atoms with Gasteiger partial charge in [-0.2, -0.15) is 0 Å². The Morgan fingerprint density at radius 3 is 2.95 bits per heavy atom. The lowest BCUT2D eigenvalue weighted by Gasteiger charge is -2.24. The normalized spacial score (nSPS) is 19.5. The highest BCUT2D eigenvalue weighted by atomic mass is 32.1. The van der Waals surface area contributed by atoms with Gasteiger partial charge in [0.15, 0.2) is 3.95 Å². The first-order chi connectivity index (χ1) is 10.3. The van der Waals surface area contributed by atoms with Gasteiger partial charge in [-0.25, -0.2) is 0 Å². The van der Waals surface area contributed by atoms with Gasteiger partial charge in [0.2, 0.25) is 0 Å². The van der Waals surface area contributed by atoms with Crippen molar-refractivity contribution in [1.29, 1.82) is 0 Å². The van der Waals surface area contributed by atoms with Crippen LogP contribution in [-0.4, -0.2) is 16.0 Å². The molecule has 2 aromatic heterocycles. The van der Waals surface area contributed by atoms with E-state index in [1.165, 1.54) is 27.9 Å². The molecule has 1 aliphatic rings. The summed E-state index contributed by atoms with van der Waals surface area (Å²) in [5.41, 5.74) is 1.27. The third-order valence-corrected chi connectivity index (χ3v) is 6.54. The highest BCUT2D eigenvalue weighted by Crippen LogP contribution is 2.35. The Labute approximate surface area is 137 Å². The largest absolute Gasteiger partial charge is 0.309 e. The summed E-state index contributed by atoms with van der Waals surface area (Å²) in [6.45, 7) is 2.07. The van der Waals surface area contributed by atoms with Crippen LogP contribution in [0.1, 0.15) is 23.8 Å². The number of aromatic nitrogens is 1. The average Bonchev–Trinajstić information content (AvgIpc) is 3.20. The molecule has 0 N–H and O–H groups in total. The van der Waals surface area contributed by atoms with Crippen molar-refractivity contribution in [1.82, 2.24) is 9.47 Å². The average molecular weight is 333 g/mol. The van der Waals surface area contributed by atoms with Crippen LogP contribution in [0, 0.1) is 3.95 Å². The van der Waals surface area contributed by atoms with Gasteiger partial charge in [-0.15, -0.1) is 22.7 Å². The molecule has 0 amide bonds. The quantitative estimate of drug-likeness (QED) is 0.602. The Hall–Kier alpha value is -1.01. The van der Waals surface area contributed by atoms with Crippen molar-refractivity contribution in [2.24, 2.45) is 0 Å². The van der Waals surface area contributed by atoms with Gasteiger partial charge in [0.1, 0.15) is 0 Å². The van der Waals surface area contributed by atoms with Gasteiger partial charge < -0.3 is 4.57 Å². The van der Waals surface area contributed by atoms with Crippen molar-refractivity contribution >= 4 is 45.1 Å². The molecule has 1 fully saturated rings. The van der Waals surface area contributed by atoms with E-state index in [-0.39, 0.29) is 0 Å². The maximum Gasteiger partial charge on any atom is 0.163 e. The first-order valence-electron chi connectivity index (χ1n) is 7.19. The molecule has 0 saturated carbocycles. The molecule has 2 nitrogen and oxygen atoms in total. The van der Waals surface area contributed by atoms with Crippen LogP contribution in [0.3, 0.4) is 0 Å². The maximum absolute atomic E-state index is 5.58. The second-order valence-electron chi connectivity index (χ2n) is 5.39. The predicted octanol–water partition coefficient (Wildman–Crippen LogP) is 5.29. The Bertz CT molecular complexity index is 800. The van der Waals surface area contributed by atoms with Crippen molar-refractivity contribution in [2.75, 3.05) is 6.54 Å². The number of hydrogen-bond donors (Lipinski definition) is 0. The fraction of sp³-hybridized carbons (Fsp3) is 0.312. The molecule has 0 spiro atoms. The Balaban J connectivity index is 1.68. The molecule has 3 heterocycles. The van der Waals surface area contributed by atoms with Crippen molar-refractivity contribution in [3.63, 3.8) is 0 Å². The van der Waals surface area contributed by atoms with Crippen molar-refractivity contribution in [2.45, 2.75) is 25.6 Å². The molecule has 0 radical (unpaired) electrons. The van der Waals surface area contributed by atoms with Crippen LogP contribution in [0.4, 0.5) is 0 Å². The van der Waals surface area contributed by atoms with E-state index in [1.54, 1.807) is 11.3 Å². The lowest BCUT2D eigenvalue weighted by Crippen LogP contribution is -2.25. The monoisotopic (exact) mass is 332 g/mol. The maximum atomic E-state index is 5.58. The van der Waals surface area contributed by atoms with Crippen LogP contribution in [0.2, 0.25) is 0 Å². The van der Waals surface area contributed by atoms with Crippen LogP contribution in [-0.2, 0) is 6.67 Å². The summed E-state index contributed by atoms with van der Waals surface area (Å²) >= 11 is 9.17. The smallest absolute Gasteiger partial charge is 0.163 e. The molecule has 3 aromatic rings. The fourth-order valence-corrected chi connectivity index (χ4v) is 5.33. The molecule has 108 valence electrons. The molecule has 0 aliphatic carbocycles. The number of para-hydroxylation sites is 1. The number of rotatable bonds is 3. The highest BCUT2D eigenvalue weighted by molar-refractivity contribution is 7.73. The fourth-order valence-electron chi connectivity index (χ4n) is 3.13. The van der Waals surface area contributed by atoms with Gasteiger partial charge in [0, 0.05) is 17.5 Å². The van der Waals surface area contributed by atoms with Gasteiger partial charge in [-0.3, -0.25) is 4.90 Å². The number of nitrogens with zero attached hydrogens (tertiary/aromatic N) is 2. The molecular weight excluding hydrogens is 316 g/mol. The third-order valence-electron chi connectivity index (χ3n) is 4.13. The SMILES string of the molecule is S=c1sc2ccccc2n1CN1CCC[C@@H]1c1cccs1. The second kappa shape index (κ2) is 5.65. The summed E-state index contributed by atoms with van der Waals surface area (Å²) in [5, 5.41) is 2.18. The zero-order chi connectivity index (χ0) is 14.2. The first kappa shape index (κ1) is 13.6. The summed E-state index contributed by atoms with van der Waals surface area (Å²) in [6.07, 6.45) is 2.54. The molecule has 1 aliphatic heterocycles. The zero-order valence-electron chi connectivity index (χ0n) is 11.6. The first-order valence-corrected chi connectivity index (χ1v) is 9.29. The summed E-state index contributed by atoms with van der Waals surface area (Å²) in [6, 6.07) is 13.5. The van der Waals surface area contributed by atoms with E-state index in [0.717, 1.165) is 17.2 Å². The number of thiophene rings is 1. The molecule has 1 saturated heterocycles. The Morgan fingerprint density at radius 2 is 2.10 bits per heavy atom. The Kier molecular flexibility index (Phi) is 3.67. The van der Waals surface area contributed by atoms with Crippen LogP contribution in [0.5, 0.6) is 0 Å². The molecule has 1 aromatic carbocycles. The van der Waals surface area contributed by atoms with Crippen molar-refractivity contribution in [3.8, 4) is 0 Å². The molecule has 21 heavy (non-hydrogen) atoms. The van der Waals surface area contributed by atoms with Crippen LogP contribution in [0.25, 0.3) is 10.2 Å². The van der Waals surface area contributed by atoms with Crippen LogP contribution < -0.4 is 0 Å². The van der Waals surface area contributed by atoms with E-state index < -0.39 is 0 Å². The van der Waals surface area contributed by atoms with Crippen molar-refractivity contribution < 1.29 is 0 Å². The number of likely N-dealkylation sites (tertiary alicyclic amines) is 1. The number of hydrogen-bond acceptors (Lipinski definition) is 4. The summed E-state index contributed by atoms with van der Waals surface area (Å²) in [7, 11) is 0. The molecule has 4 rings (SSSR count). The van der Waals surface area contributed by atoms with E-state index >= 15 is 0 Å².